The summed E-state index contributed by atoms with van der Waals surface area (Å²) in [5.41, 5.74) is 0.409. The molecule has 5 nitrogen and oxygen atoms in total. The van der Waals surface area contributed by atoms with Crippen LogP contribution in [0.2, 0.25) is 5.02 Å². The molecule has 6 heteroatoms. The van der Waals surface area contributed by atoms with Crippen LogP contribution in [0, 0.1) is 0 Å². The Morgan fingerprint density at radius 3 is 2.84 bits per heavy atom. The minimum absolute atomic E-state index is 0.228. The van der Waals surface area contributed by atoms with Gasteiger partial charge in [0.05, 0.1) is 11.9 Å². The molecule has 2 rings (SSSR count). The molecule has 1 N–H and O–H groups in total. The van der Waals surface area contributed by atoms with Gasteiger partial charge in [0.2, 0.25) is 0 Å². The lowest BCUT2D eigenvalue weighted by Crippen LogP contribution is -2.25. The van der Waals surface area contributed by atoms with Crippen molar-refractivity contribution in [3.8, 4) is 0 Å². The maximum atomic E-state index is 11.8. The number of aryl methyl sites for hydroxylation is 1. The second-order valence-corrected chi connectivity index (χ2v) is 5.20. The van der Waals surface area contributed by atoms with Crippen LogP contribution >= 0.6 is 11.6 Å². The second-order valence-electron chi connectivity index (χ2n) is 4.82. The summed E-state index contributed by atoms with van der Waals surface area (Å²) >= 11 is 6.04. The maximum Gasteiger partial charge on any atom is 0.287 e. The monoisotopic (exact) mass is 284 g/mol. The van der Waals surface area contributed by atoms with E-state index in [0.717, 1.165) is 19.5 Å². The minimum atomic E-state index is -0.228. The summed E-state index contributed by atoms with van der Waals surface area (Å²) in [7, 11) is 0. The van der Waals surface area contributed by atoms with Crippen LogP contribution in [0.1, 0.15) is 26.2 Å². The Labute approximate surface area is 118 Å². The fourth-order valence-electron chi connectivity index (χ4n) is 2.35. The van der Waals surface area contributed by atoms with Crippen LogP contribution in [0.5, 0.6) is 0 Å². The first-order valence-electron chi connectivity index (χ1n) is 6.94. The zero-order valence-corrected chi connectivity index (χ0v) is 12.1. The maximum absolute atomic E-state index is 11.8. The van der Waals surface area contributed by atoms with Gasteiger partial charge in [0.15, 0.2) is 0 Å². The van der Waals surface area contributed by atoms with Crippen molar-refractivity contribution >= 4 is 17.3 Å². The van der Waals surface area contributed by atoms with Crippen molar-refractivity contribution in [3.05, 3.63) is 21.6 Å². The Morgan fingerprint density at radius 2 is 2.16 bits per heavy atom. The van der Waals surface area contributed by atoms with Crippen molar-refractivity contribution < 1.29 is 0 Å². The first kappa shape index (κ1) is 14.3. The number of hydrogen-bond acceptors (Lipinski definition) is 4. The van der Waals surface area contributed by atoms with Crippen molar-refractivity contribution in [2.45, 2.75) is 32.7 Å². The molecule has 106 valence electrons. The molecular formula is C13H21ClN4O. The minimum Gasteiger partial charge on any atom is -0.382 e. The lowest BCUT2D eigenvalue weighted by Gasteiger charge is -2.15. The first-order chi connectivity index (χ1) is 9.22. The molecule has 0 bridgehead atoms. The number of aromatic nitrogens is 2. The van der Waals surface area contributed by atoms with E-state index in [9.17, 15) is 4.79 Å². The van der Waals surface area contributed by atoms with Crippen LogP contribution in [-0.2, 0) is 6.54 Å². The van der Waals surface area contributed by atoms with Gasteiger partial charge in [-0.3, -0.25) is 4.79 Å². The van der Waals surface area contributed by atoms with Crippen molar-refractivity contribution in [3.63, 3.8) is 0 Å². The Kier molecular flexibility index (Phi) is 5.22. The van der Waals surface area contributed by atoms with Gasteiger partial charge in [-0.1, -0.05) is 11.6 Å². The summed E-state index contributed by atoms with van der Waals surface area (Å²) in [5, 5.41) is 7.49. The van der Waals surface area contributed by atoms with E-state index in [2.05, 4.69) is 15.3 Å². The number of likely N-dealkylation sites (tertiary alicyclic amines) is 1. The predicted molar refractivity (Wildman–Crippen MR) is 78.0 cm³/mol. The molecule has 0 atom stereocenters. The molecule has 0 amide bonds. The van der Waals surface area contributed by atoms with E-state index >= 15 is 0 Å². The van der Waals surface area contributed by atoms with E-state index < -0.39 is 0 Å². The SMILES string of the molecule is CCn1ncc(NCCCN2CCCC2)c(Cl)c1=O. The zero-order valence-electron chi connectivity index (χ0n) is 11.4. The summed E-state index contributed by atoms with van der Waals surface area (Å²) in [6.07, 6.45) is 5.31. The van der Waals surface area contributed by atoms with Crippen molar-refractivity contribution in [2.24, 2.45) is 0 Å². The third-order valence-electron chi connectivity index (χ3n) is 3.45. The van der Waals surface area contributed by atoms with Crippen molar-refractivity contribution in [1.29, 1.82) is 0 Å². The summed E-state index contributed by atoms with van der Waals surface area (Å²) in [6, 6.07) is 0. The van der Waals surface area contributed by atoms with Crippen LogP contribution in [-0.4, -0.2) is 40.9 Å². The second kappa shape index (κ2) is 6.91. The average Bonchev–Trinajstić information content (AvgIpc) is 2.92. The fraction of sp³-hybridized carbons (Fsp3) is 0.692. The molecule has 1 aromatic heterocycles. The Balaban J connectivity index is 1.82. The van der Waals surface area contributed by atoms with Crippen LogP contribution in [0.4, 0.5) is 5.69 Å². The third kappa shape index (κ3) is 3.70. The Morgan fingerprint density at radius 1 is 1.42 bits per heavy atom. The Hall–Kier alpha value is -1.07. The molecule has 0 radical (unpaired) electrons. The molecule has 0 spiro atoms. The highest BCUT2D eigenvalue weighted by Crippen LogP contribution is 2.15. The summed E-state index contributed by atoms with van der Waals surface area (Å²) in [5.74, 6) is 0. The number of nitrogens with one attached hydrogen (secondary N) is 1. The molecule has 1 fully saturated rings. The van der Waals surface area contributed by atoms with E-state index in [4.69, 9.17) is 11.6 Å². The van der Waals surface area contributed by atoms with Crippen molar-refractivity contribution in [2.75, 3.05) is 31.5 Å². The highest BCUT2D eigenvalue weighted by Gasteiger charge is 2.11. The quantitative estimate of drug-likeness (QED) is 0.810. The molecule has 1 aliphatic rings. The number of halogens is 1. The summed E-state index contributed by atoms with van der Waals surface area (Å²) in [6.45, 7) is 6.75. The van der Waals surface area contributed by atoms with E-state index in [1.165, 1.54) is 30.6 Å². The van der Waals surface area contributed by atoms with Crippen LogP contribution in [0.25, 0.3) is 0 Å². The zero-order chi connectivity index (χ0) is 13.7. The fourth-order valence-corrected chi connectivity index (χ4v) is 2.56. The van der Waals surface area contributed by atoms with Crippen LogP contribution < -0.4 is 10.9 Å². The number of nitrogens with zero attached hydrogens (tertiary/aromatic N) is 3. The molecule has 1 aliphatic heterocycles. The molecule has 19 heavy (non-hydrogen) atoms. The standard InChI is InChI=1S/C13H21ClN4O/c1-2-18-13(19)12(14)11(10-16-18)15-6-5-9-17-7-3-4-8-17/h10,15H,2-9H2,1H3. The number of hydrogen-bond donors (Lipinski definition) is 1. The van der Waals surface area contributed by atoms with Gasteiger partial charge in [0.25, 0.3) is 5.56 Å². The number of rotatable bonds is 6. The van der Waals surface area contributed by atoms with Gasteiger partial charge < -0.3 is 10.2 Å². The third-order valence-corrected chi connectivity index (χ3v) is 3.81. The van der Waals surface area contributed by atoms with Gasteiger partial charge >= 0.3 is 0 Å². The first-order valence-corrected chi connectivity index (χ1v) is 7.32. The van der Waals surface area contributed by atoms with E-state index in [-0.39, 0.29) is 10.6 Å². The van der Waals surface area contributed by atoms with Crippen molar-refractivity contribution in [1.82, 2.24) is 14.7 Å². The summed E-state index contributed by atoms with van der Waals surface area (Å²) < 4.78 is 1.36. The molecule has 1 aromatic rings. The molecule has 0 unspecified atom stereocenters. The van der Waals surface area contributed by atoms with E-state index in [0.29, 0.717) is 12.2 Å². The smallest absolute Gasteiger partial charge is 0.287 e. The number of anilines is 1. The average molecular weight is 285 g/mol. The van der Waals surface area contributed by atoms with Crippen LogP contribution in [0.15, 0.2) is 11.0 Å². The lowest BCUT2D eigenvalue weighted by atomic mass is 10.3. The Bertz CT molecular complexity index is 468. The highest BCUT2D eigenvalue weighted by atomic mass is 35.5. The molecule has 0 saturated carbocycles. The van der Waals surface area contributed by atoms with E-state index in [1.54, 1.807) is 6.20 Å². The summed E-state index contributed by atoms with van der Waals surface area (Å²) in [4.78, 5) is 14.3. The van der Waals surface area contributed by atoms with Gasteiger partial charge in [-0.15, -0.1) is 0 Å². The van der Waals surface area contributed by atoms with Gasteiger partial charge in [0.1, 0.15) is 5.02 Å². The largest absolute Gasteiger partial charge is 0.382 e. The predicted octanol–water partition coefficient (Wildman–Crippen LogP) is 1.81. The molecule has 0 aliphatic carbocycles. The van der Waals surface area contributed by atoms with Gasteiger partial charge in [-0.2, -0.15) is 5.10 Å². The normalized spacial score (nSPS) is 15.9. The van der Waals surface area contributed by atoms with Gasteiger partial charge in [0, 0.05) is 13.1 Å². The van der Waals surface area contributed by atoms with Gasteiger partial charge in [-0.25, -0.2) is 4.68 Å². The molecule has 1 saturated heterocycles. The highest BCUT2D eigenvalue weighted by molar-refractivity contribution is 6.32. The molecule has 0 aromatic carbocycles. The molecule has 2 heterocycles. The molecular weight excluding hydrogens is 264 g/mol. The van der Waals surface area contributed by atoms with Crippen LogP contribution in [0.3, 0.4) is 0 Å². The van der Waals surface area contributed by atoms with Gasteiger partial charge in [-0.05, 0) is 45.8 Å². The topological polar surface area (TPSA) is 50.2 Å². The lowest BCUT2D eigenvalue weighted by molar-refractivity contribution is 0.337. The van der Waals surface area contributed by atoms with E-state index in [1.807, 2.05) is 6.92 Å².